The van der Waals surface area contributed by atoms with Crippen LogP contribution in [0.25, 0.3) is 0 Å². The van der Waals surface area contributed by atoms with Crippen LogP contribution in [0.3, 0.4) is 0 Å². The van der Waals surface area contributed by atoms with E-state index in [1.54, 1.807) is 0 Å². The molecule has 5 fully saturated rings. The summed E-state index contributed by atoms with van der Waals surface area (Å²) < 4.78 is 0. The average Bonchev–Trinajstić information content (AvgIpc) is 2.95. The Balaban J connectivity index is 1.73. The van der Waals surface area contributed by atoms with E-state index < -0.39 is 0 Å². The monoisotopic (exact) mass is 192 g/mol. The van der Waals surface area contributed by atoms with Gasteiger partial charge in [-0.3, -0.25) is 0 Å². The van der Waals surface area contributed by atoms with Gasteiger partial charge in [-0.1, -0.05) is 0 Å². The summed E-state index contributed by atoms with van der Waals surface area (Å²) in [5, 5.41) is 10.9. The number of hydrogen-bond acceptors (Lipinski definition) is 1. The summed E-state index contributed by atoms with van der Waals surface area (Å²) in [7, 11) is 0. The molecule has 5 rings (SSSR count). The van der Waals surface area contributed by atoms with E-state index in [1.807, 2.05) is 0 Å². The van der Waals surface area contributed by atoms with Crippen molar-refractivity contribution < 1.29 is 5.11 Å². The standard InChI is InChI=1S/C13H20O/c14-13(10-1-2-10)11-4-8-3-9(6-11)7-12(13)5-8/h8-12,14H,1-7H2. The molecule has 5 aliphatic carbocycles. The zero-order valence-electron chi connectivity index (χ0n) is 8.78. The zero-order valence-corrected chi connectivity index (χ0v) is 8.78. The Hall–Kier alpha value is -0.0400. The van der Waals surface area contributed by atoms with Crippen LogP contribution in [0.15, 0.2) is 0 Å². The molecule has 0 radical (unpaired) electrons. The first-order valence-corrected chi connectivity index (χ1v) is 6.49. The SMILES string of the molecule is OC1(C2CC2)C2CC3CC(C2)CC1C3. The maximum absolute atomic E-state index is 10.9. The molecule has 0 aromatic carbocycles. The van der Waals surface area contributed by atoms with Gasteiger partial charge >= 0.3 is 0 Å². The quantitative estimate of drug-likeness (QED) is 0.677. The molecule has 0 atom stereocenters. The summed E-state index contributed by atoms with van der Waals surface area (Å²) in [6, 6.07) is 0. The molecule has 1 N–H and O–H groups in total. The second-order valence-corrected chi connectivity index (χ2v) is 6.47. The van der Waals surface area contributed by atoms with E-state index in [9.17, 15) is 5.11 Å². The van der Waals surface area contributed by atoms with Gasteiger partial charge in [0.05, 0.1) is 5.60 Å². The molecule has 78 valence electrons. The molecule has 0 saturated heterocycles. The molecule has 0 spiro atoms. The van der Waals surface area contributed by atoms with Gasteiger partial charge in [0, 0.05) is 0 Å². The third-order valence-corrected chi connectivity index (χ3v) is 5.68. The number of rotatable bonds is 1. The molecule has 1 nitrogen and oxygen atoms in total. The largest absolute Gasteiger partial charge is 0.389 e. The normalized spacial score (nSPS) is 60.6. The van der Waals surface area contributed by atoms with E-state index in [0.717, 1.165) is 11.8 Å². The van der Waals surface area contributed by atoms with Crippen molar-refractivity contribution in [3.63, 3.8) is 0 Å². The van der Waals surface area contributed by atoms with Crippen LogP contribution in [-0.4, -0.2) is 10.7 Å². The van der Waals surface area contributed by atoms with Crippen LogP contribution in [0.5, 0.6) is 0 Å². The molecular weight excluding hydrogens is 172 g/mol. The first-order valence-electron chi connectivity index (χ1n) is 6.49. The lowest BCUT2D eigenvalue weighted by atomic mass is 9.49. The lowest BCUT2D eigenvalue weighted by molar-refractivity contribution is -0.184. The molecule has 0 amide bonds. The first kappa shape index (κ1) is 8.15. The van der Waals surface area contributed by atoms with Crippen molar-refractivity contribution in [2.75, 3.05) is 0 Å². The molecule has 0 heterocycles. The van der Waals surface area contributed by atoms with E-state index in [1.165, 1.54) is 44.9 Å². The Kier molecular flexibility index (Phi) is 1.38. The third kappa shape index (κ3) is 0.856. The van der Waals surface area contributed by atoms with Crippen LogP contribution in [0.1, 0.15) is 44.9 Å². The topological polar surface area (TPSA) is 20.2 Å². The lowest BCUT2D eigenvalue weighted by Gasteiger charge is -2.59. The Morgan fingerprint density at radius 1 is 0.714 bits per heavy atom. The van der Waals surface area contributed by atoms with Gasteiger partial charge in [0.25, 0.3) is 0 Å². The lowest BCUT2D eigenvalue weighted by Crippen LogP contribution is -2.58. The van der Waals surface area contributed by atoms with Gasteiger partial charge in [-0.15, -0.1) is 0 Å². The maximum atomic E-state index is 10.9. The fourth-order valence-corrected chi connectivity index (χ4v) is 5.15. The van der Waals surface area contributed by atoms with Gasteiger partial charge in [0.15, 0.2) is 0 Å². The molecule has 4 bridgehead atoms. The van der Waals surface area contributed by atoms with E-state index in [0.29, 0.717) is 17.8 Å². The first-order chi connectivity index (χ1) is 6.77. The van der Waals surface area contributed by atoms with Crippen molar-refractivity contribution >= 4 is 0 Å². The molecule has 0 aliphatic heterocycles. The maximum Gasteiger partial charge on any atom is 0.0732 e. The highest BCUT2D eigenvalue weighted by Crippen LogP contribution is 2.63. The predicted molar refractivity (Wildman–Crippen MR) is 54.7 cm³/mol. The minimum atomic E-state index is -0.187. The van der Waals surface area contributed by atoms with Crippen LogP contribution < -0.4 is 0 Å². The van der Waals surface area contributed by atoms with Gasteiger partial charge in [-0.25, -0.2) is 0 Å². The third-order valence-electron chi connectivity index (χ3n) is 5.68. The smallest absolute Gasteiger partial charge is 0.0732 e. The van der Waals surface area contributed by atoms with E-state index in [-0.39, 0.29) is 5.60 Å². The van der Waals surface area contributed by atoms with Crippen LogP contribution in [0, 0.1) is 29.6 Å². The molecule has 0 aromatic heterocycles. The second-order valence-electron chi connectivity index (χ2n) is 6.47. The van der Waals surface area contributed by atoms with Crippen LogP contribution in [0.4, 0.5) is 0 Å². The fraction of sp³-hybridized carbons (Fsp3) is 1.00. The van der Waals surface area contributed by atoms with Gasteiger partial charge in [-0.2, -0.15) is 0 Å². The van der Waals surface area contributed by atoms with Crippen molar-refractivity contribution in [3.8, 4) is 0 Å². The molecule has 0 unspecified atom stereocenters. The Morgan fingerprint density at radius 3 is 1.64 bits per heavy atom. The molecule has 5 saturated carbocycles. The van der Waals surface area contributed by atoms with Gasteiger partial charge in [0.2, 0.25) is 0 Å². The Morgan fingerprint density at radius 2 is 1.21 bits per heavy atom. The van der Waals surface area contributed by atoms with Gasteiger partial charge < -0.3 is 5.11 Å². The van der Waals surface area contributed by atoms with Crippen molar-refractivity contribution in [1.82, 2.24) is 0 Å². The van der Waals surface area contributed by atoms with Crippen molar-refractivity contribution in [3.05, 3.63) is 0 Å². The van der Waals surface area contributed by atoms with Gasteiger partial charge in [-0.05, 0) is 74.5 Å². The highest BCUT2D eigenvalue weighted by molar-refractivity contribution is 5.12. The van der Waals surface area contributed by atoms with Crippen molar-refractivity contribution in [1.29, 1.82) is 0 Å². The second kappa shape index (κ2) is 2.37. The summed E-state index contributed by atoms with van der Waals surface area (Å²) in [4.78, 5) is 0. The highest BCUT2D eigenvalue weighted by atomic mass is 16.3. The molecule has 5 aliphatic rings. The Bertz CT molecular complexity index is 238. The molecular formula is C13H20O. The van der Waals surface area contributed by atoms with E-state index >= 15 is 0 Å². The summed E-state index contributed by atoms with van der Waals surface area (Å²) >= 11 is 0. The summed E-state index contributed by atoms with van der Waals surface area (Å²) in [6.45, 7) is 0. The Labute approximate surface area is 85.9 Å². The minimum absolute atomic E-state index is 0.187. The molecule has 1 heteroatoms. The summed E-state index contributed by atoms with van der Waals surface area (Å²) in [5.74, 6) is 4.10. The molecule has 14 heavy (non-hydrogen) atoms. The average molecular weight is 192 g/mol. The van der Waals surface area contributed by atoms with E-state index in [4.69, 9.17) is 0 Å². The van der Waals surface area contributed by atoms with Crippen LogP contribution in [-0.2, 0) is 0 Å². The number of aliphatic hydroxyl groups is 1. The summed E-state index contributed by atoms with van der Waals surface area (Å²) in [5.41, 5.74) is -0.187. The summed E-state index contributed by atoms with van der Waals surface area (Å²) in [6.07, 6.45) is 9.57. The van der Waals surface area contributed by atoms with Crippen LogP contribution in [0.2, 0.25) is 0 Å². The van der Waals surface area contributed by atoms with Gasteiger partial charge in [0.1, 0.15) is 0 Å². The van der Waals surface area contributed by atoms with E-state index in [2.05, 4.69) is 0 Å². The highest BCUT2D eigenvalue weighted by Gasteiger charge is 2.61. The minimum Gasteiger partial charge on any atom is -0.389 e. The molecule has 0 aromatic rings. The van der Waals surface area contributed by atoms with Crippen molar-refractivity contribution in [2.24, 2.45) is 29.6 Å². The predicted octanol–water partition coefficient (Wildman–Crippen LogP) is 2.58. The van der Waals surface area contributed by atoms with Crippen molar-refractivity contribution in [2.45, 2.75) is 50.5 Å². The zero-order chi connectivity index (χ0) is 9.34. The fourth-order valence-electron chi connectivity index (χ4n) is 5.15. The number of hydrogen-bond donors (Lipinski definition) is 1. The van der Waals surface area contributed by atoms with Crippen LogP contribution >= 0.6 is 0 Å².